The summed E-state index contributed by atoms with van der Waals surface area (Å²) in [6.45, 7) is 4.23. The van der Waals surface area contributed by atoms with E-state index in [0.29, 0.717) is 18.6 Å². The first-order chi connectivity index (χ1) is 10.9. The summed E-state index contributed by atoms with van der Waals surface area (Å²) >= 11 is 1.82. The second-order valence-corrected chi connectivity index (χ2v) is 6.98. The molecule has 2 aromatic heterocycles. The molecule has 0 bridgehead atoms. The van der Waals surface area contributed by atoms with Crippen LogP contribution in [0.4, 0.5) is 0 Å². The van der Waals surface area contributed by atoms with Crippen molar-refractivity contribution in [3.63, 3.8) is 0 Å². The Morgan fingerprint density at radius 2 is 2.27 bits per heavy atom. The fraction of sp³-hybridized carbons (Fsp3) is 0.471. The highest BCUT2D eigenvalue weighted by atomic mass is 32.1. The molecule has 5 heteroatoms. The summed E-state index contributed by atoms with van der Waals surface area (Å²) in [5.41, 5.74) is 0.995. The fourth-order valence-corrected chi connectivity index (χ4v) is 4.16. The second kappa shape index (κ2) is 6.46. The van der Waals surface area contributed by atoms with Crippen LogP contribution in [0.25, 0.3) is 0 Å². The SMILES string of the molecule is c1ccc(CO[C@@H]2CN(Cc3cccs3)[C@@H]3COC[C@@H]32)nc1. The molecule has 0 radical (unpaired) electrons. The first kappa shape index (κ1) is 14.3. The van der Waals surface area contributed by atoms with E-state index >= 15 is 0 Å². The third-order valence-corrected chi connectivity index (χ3v) is 5.43. The molecule has 0 amide bonds. The molecule has 0 saturated carbocycles. The molecule has 0 aromatic carbocycles. The highest BCUT2D eigenvalue weighted by molar-refractivity contribution is 7.09. The Kier molecular flexibility index (Phi) is 4.21. The highest BCUT2D eigenvalue weighted by Crippen LogP contribution is 2.34. The van der Waals surface area contributed by atoms with Crippen molar-refractivity contribution in [2.75, 3.05) is 19.8 Å². The average molecular weight is 316 g/mol. The van der Waals surface area contributed by atoms with Crippen LogP contribution < -0.4 is 0 Å². The molecule has 2 aliphatic heterocycles. The first-order valence-corrected chi connectivity index (χ1v) is 8.64. The van der Waals surface area contributed by atoms with Crippen molar-refractivity contribution in [1.82, 2.24) is 9.88 Å². The van der Waals surface area contributed by atoms with E-state index in [9.17, 15) is 0 Å². The predicted molar refractivity (Wildman–Crippen MR) is 85.6 cm³/mol. The Bertz CT molecular complexity index is 590. The Hall–Kier alpha value is -1.27. The minimum atomic E-state index is 0.245. The van der Waals surface area contributed by atoms with Gasteiger partial charge in [-0.05, 0) is 23.6 Å². The molecule has 2 fully saturated rings. The molecule has 4 nitrogen and oxygen atoms in total. The average Bonchev–Trinajstić information content (AvgIpc) is 3.26. The molecule has 4 heterocycles. The van der Waals surface area contributed by atoms with Crippen LogP contribution in [0.3, 0.4) is 0 Å². The van der Waals surface area contributed by atoms with Crippen LogP contribution >= 0.6 is 11.3 Å². The van der Waals surface area contributed by atoms with Crippen molar-refractivity contribution in [3.05, 3.63) is 52.5 Å². The van der Waals surface area contributed by atoms with Gasteiger partial charge in [0.2, 0.25) is 0 Å². The lowest BCUT2D eigenvalue weighted by molar-refractivity contribution is 0.00745. The summed E-state index contributed by atoms with van der Waals surface area (Å²) in [4.78, 5) is 8.27. The van der Waals surface area contributed by atoms with Crippen molar-refractivity contribution < 1.29 is 9.47 Å². The molecule has 0 aliphatic carbocycles. The lowest BCUT2D eigenvalue weighted by Crippen LogP contribution is -2.31. The molecule has 22 heavy (non-hydrogen) atoms. The fourth-order valence-electron chi connectivity index (χ4n) is 3.43. The summed E-state index contributed by atoms with van der Waals surface area (Å²) in [7, 11) is 0. The van der Waals surface area contributed by atoms with E-state index in [2.05, 4.69) is 27.4 Å². The van der Waals surface area contributed by atoms with E-state index < -0.39 is 0 Å². The normalized spacial score (nSPS) is 28.1. The van der Waals surface area contributed by atoms with Gasteiger partial charge in [-0.1, -0.05) is 12.1 Å². The van der Waals surface area contributed by atoms with Crippen LogP contribution in [0.1, 0.15) is 10.6 Å². The number of likely N-dealkylation sites (tertiary alicyclic amines) is 1. The lowest BCUT2D eigenvalue weighted by Gasteiger charge is -2.21. The van der Waals surface area contributed by atoms with Crippen LogP contribution in [0.15, 0.2) is 41.9 Å². The third-order valence-electron chi connectivity index (χ3n) is 4.56. The second-order valence-electron chi connectivity index (χ2n) is 5.95. The smallest absolute Gasteiger partial charge is 0.0892 e. The van der Waals surface area contributed by atoms with Crippen LogP contribution in [0.2, 0.25) is 0 Å². The lowest BCUT2D eigenvalue weighted by atomic mass is 10.0. The maximum Gasteiger partial charge on any atom is 0.0892 e. The molecule has 0 N–H and O–H groups in total. The van der Waals surface area contributed by atoms with Crippen LogP contribution in [-0.2, 0) is 22.6 Å². The number of pyridine rings is 1. The van der Waals surface area contributed by atoms with Gasteiger partial charge in [-0.15, -0.1) is 11.3 Å². The summed E-state index contributed by atoms with van der Waals surface area (Å²) in [5.74, 6) is 0.490. The zero-order chi connectivity index (χ0) is 14.8. The van der Waals surface area contributed by atoms with Gasteiger partial charge in [0, 0.05) is 36.1 Å². The zero-order valence-electron chi connectivity index (χ0n) is 12.4. The Morgan fingerprint density at radius 1 is 1.27 bits per heavy atom. The van der Waals surface area contributed by atoms with E-state index in [1.165, 1.54) is 4.88 Å². The molecule has 0 spiro atoms. The van der Waals surface area contributed by atoms with Gasteiger partial charge in [-0.3, -0.25) is 9.88 Å². The Morgan fingerprint density at radius 3 is 3.09 bits per heavy atom. The number of hydrogen-bond donors (Lipinski definition) is 0. The largest absolute Gasteiger partial charge is 0.379 e. The maximum absolute atomic E-state index is 6.17. The predicted octanol–water partition coefficient (Wildman–Crippen LogP) is 2.56. The number of thiophene rings is 1. The van der Waals surface area contributed by atoms with Gasteiger partial charge < -0.3 is 9.47 Å². The monoisotopic (exact) mass is 316 g/mol. The maximum atomic E-state index is 6.17. The Balaban J connectivity index is 1.40. The van der Waals surface area contributed by atoms with E-state index in [0.717, 1.165) is 32.0 Å². The minimum Gasteiger partial charge on any atom is -0.379 e. The van der Waals surface area contributed by atoms with Gasteiger partial charge in [-0.2, -0.15) is 0 Å². The van der Waals surface area contributed by atoms with Crippen molar-refractivity contribution in [2.45, 2.75) is 25.3 Å². The highest BCUT2D eigenvalue weighted by Gasteiger charge is 2.45. The molecule has 0 unspecified atom stereocenters. The van der Waals surface area contributed by atoms with Crippen LogP contribution in [0.5, 0.6) is 0 Å². The number of hydrogen-bond acceptors (Lipinski definition) is 5. The molecular formula is C17H20N2O2S. The number of rotatable bonds is 5. The zero-order valence-corrected chi connectivity index (χ0v) is 13.2. The van der Waals surface area contributed by atoms with Crippen molar-refractivity contribution in [1.29, 1.82) is 0 Å². The van der Waals surface area contributed by atoms with Gasteiger partial charge >= 0.3 is 0 Å². The van der Waals surface area contributed by atoms with Gasteiger partial charge in [0.15, 0.2) is 0 Å². The van der Waals surface area contributed by atoms with Gasteiger partial charge in [0.1, 0.15) is 0 Å². The minimum absolute atomic E-state index is 0.245. The van der Waals surface area contributed by atoms with E-state index in [1.54, 1.807) is 0 Å². The molecule has 2 aromatic rings. The molecular weight excluding hydrogens is 296 g/mol. The third kappa shape index (κ3) is 2.94. The number of fused-ring (bicyclic) bond motifs is 1. The van der Waals surface area contributed by atoms with Crippen molar-refractivity contribution in [3.8, 4) is 0 Å². The standard InChI is InChI=1S/C17H20N2O2S/c1-2-6-18-13(4-1)10-21-17-9-19(8-14-5-3-7-22-14)16-12-20-11-15(16)17/h1-7,15-17H,8-12H2/t15-,16+,17+/m0/s1. The molecule has 4 rings (SSSR count). The molecule has 2 saturated heterocycles. The van der Waals surface area contributed by atoms with Gasteiger partial charge in [0.25, 0.3) is 0 Å². The first-order valence-electron chi connectivity index (χ1n) is 7.76. The van der Waals surface area contributed by atoms with Gasteiger partial charge in [0.05, 0.1) is 31.6 Å². The molecule has 116 valence electrons. The van der Waals surface area contributed by atoms with E-state index in [-0.39, 0.29) is 6.10 Å². The topological polar surface area (TPSA) is 34.6 Å². The number of ether oxygens (including phenoxy) is 2. The summed E-state index contributed by atoms with van der Waals surface area (Å²) < 4.78 is 11.9. The van der Waals surface area contributed by atoms with Crippen molar-refractivity contribution in [2.24, 2.45) is 5.92 Å². The quantitative estimate of drug-likeness (QED) is 0.849. The number of nitrogens with zero attached hydrogens (tertiary/aromatic N) is 2. The molecule has 2 aliphatic rings. The van der Waals surface area contributed by atoms with Crippen LogP contribution in [-0.4, -0.2) is 41.8 Å². The van der Waals surface area contributed by atoms with E-state index in [1.807, 2.05) is 35.7 Å². The summed E-state index contributed by atoms with van der Waals surface area (Å²) in [5, 5.41) is 2.14. The summed E-state index contributed by atoms with van der Waals surface area (Å²) in [6, 6.07) is 10.8. The van der Waals surface area contributed by atoms with Crippen molar-refractivity contribution >= 4 is 11.3 Å². The Labute approximate surface area is 134 Å². The summed E-state index contributed by atoms with van der Waals surface area (Å²) in [6.07, 6.45) is 2.06. The van der Waals surface area contributed by atoms with Crippen LogP contribution in [0, 0.1) is 5.92 Å². The van der Waals surface area contributed by atoms with E-state index in [4.69, 9.17) is 9.47 Å². The number of aromatic nitrogens is 1. The van der Waals surface area contributed by atoms with Gasteiger partial charge in [-0.25, -0.2) is 0 Å². The molecule has 3 atom stereocenters.